The molecule has 3 aromatic carbocycles. The van der Waals surface area contributed by atoms with Crippen molar-refractivity contribution in [2.75, 3.05) is 18.1 Å². The fraction of sp³-hybridized carbons (Fsp3) is 0.241. The number of amides is 2. The molecule has 5 heteroatoms. The van der Waals surface area contributed by atoms with E-state index in [2.05, 4.69) is 13.8 Å². The molecule has 1 aliphatic rings. The van der Waals surface area contributed by atoms with Gasteiger partial charge in [0.05, 0.1) is 18.7 Å². The van der Waals surface area contributed by atoms with E-state index in [1.807, 2.05) is 96.8 Å². The van der Waals surface area contributed by atoms with Crippen LogP contribution in [-0.2, 0) is 16.1 Å². The van der Waals surface area contributed by atoms with Crippen molar-refractivity contribution in [1.82, 2.24) is 4.90 Å². The maximum absolute atomic E-state index is 13.7. The second-order valence-electron chi connectivity index (χ2n) is 8.71. The van der Waals surface area contributed by atoms with Gasteiger partial charge in [0, 0.05) is 12.2 Å². The Morgan fingerprint density at radius 1 is 0.824 bits per heavy atom. The van der Waals surface area contributed by atoms with Gasteiger partial charge in [-0.15, -0.1) is 0 Å². The minimum absolute atomic E-state index is 0.230. The van der Waals surface area contributed by atoms with Crippen LogP contribution in [0.3, 0.4) is 0 Å². The van der Waals surface area contributed by atoms with Gasteiger partial charge in [-0.3, -0.25) is 14.5 Å². The Morgan fingerprint density at radius 2 is 1.44 bits per heavy atom. The largest absolute Gasteiger partial charge is 0.493 e. The number of likely N-dealkylation sites (N-methyl/N-ethyl adjacent to an activating group) is 1. The zero-order valence-electron chi connectivity index (χ0n) is 19.9. The van der Waals surface area contributed by atoms with Crippen LogP contribution in [0.4, 0.5) is 5.69 Å². The number of hydrogen-bond donors (Lipinski definition) is 0. The average molecular weight is 455 g/mol. The molecular weight excluding hydrogens is 424 g/mol. The Kier molecular flexibility index (Phi) is 7.12. The quantitative estimate of drug-likeness (QED) is 0.399. The number of imide groups is 1. The van der Waals surface area contributed by atoms with Crippen molar-refractivity contribution >= 4 is 23.1 Å². The van der Waals surface area contributed by atoms with Gasteiger partial charge in [0.15, 0.2) is 0 Å². The molecule has 0 bridgehead atoms. The fourth-order valence-corrected chi connectivity index (χ4v) is 4.04. The molecule has 0 spiro atoms. The van der Waals surface area contributed by atoms with Crippen molar-refractivity contribution in [2.45, 2.75) is 27.3 Å². The predicted octanol–water partition coefficient (Wildman–Crippen LogP) is 5.53. The molecule has 174 valence electrons. The zero-order chi connectivity index (χ0) is 24.1. The summed E-state index contributed by atoms with van der Waals surface area (Å²) < 4.78 is 5.81. The van der Waals surface area contributed by atoms with Crippen LogP contribution in [0.15, 0.2) is 90.6 Å². The minimum Gasteiger partial charge on any atom is -0.493 e. The first-order valence-electron chi connectivity index (χ1n) is 11.7. The molecule has 0 radical (unpaired) electrons. The van der Waals surface area contributed by atoms with E-state index in [4.69, 9.17) is 4.74 Å². The lowest BCUT2D eigenvalue weighted by atomic mass is 10.0. The number of carbonyl (C=O) groups excluding carboxylic acids is 2. The molecule has 4 rings (SSSR count). The van der Waals surface area contributed by atoms with Crippen LogP contribution in [0.2, 0.25) is 0 Å². The molecule has 3 aromatic rings. The molecule has 0 saturated carbocycles. The van der Waals surface area contributed by atoms with Crippen molar-refractivity contribution in [3.05, 3.63) is 102 Å². The maximum Gasteiger partial charge on any atom is 0.278 e. The lowest BCUT2D eigenvalue weighted by molar-refractivity contribution is -0.137. The molecule has 0 fully saturated rings. The number of benzene rings is 3. The highest BCUT2D eigenvalue weighted by Crippen LogP contribution is 2.35. The molecule has 0 atom stereocenters. The van der Waals surface area contributed by atoms with Gasteiger partial charge in [-0.05, 0) is 48.2 Å². The molecule has 0 aliphatic carbocycles. The van der Waals surface area contributed by atoms with E-state index in [9.17, 15) is 9.59 Å². The Bertz CT molecular complexity index is 1170. The lowest BCUT2D eigenvalue weighted by Gasteiger charge is -2.25. The van der Waals surface area contributed by atoms with Crippen LogP contribution in [-0.4, -0.2) is 29.9 Å². The van der Waals surface area contributed by atoms with Gasteiger partial charge in [-0.25, -0.2) is 0 Å². The molecule has 0 saturated heterocycles. The van der Waals surface area contributed by atoms with E-state index in [0.29, 0.717) is 35.9 Å². The van der Waals surface area contributed by atoms with E-state index in [-0.39, 0.29) is 18.4 Å². The Labute approximate surface area is 201 Å². The maximum atomic E-state index is 13.7. The highest BCUT2D eigenvalue weighted by atomic mass is 16.5. The third kappa shape index (κ3) is 4.88. The number of para-hydroxylation sites is 1. The minimum atomic E-state index is -0.283. The highest BCUT2D eigenvalue weighted by molar-refractivity contribution is 6.36. The fourth-order valence-electron chi connectivity index (χ4n) is 4.04. The first kappa shape index (κ1) is 23.3. The molecule has 1 aliphatic heterocycles. The standard InChI is InChI=1S/C29H30N2O3/c1-4-30(24-13-9-6-10-14-24)27-26(23-15-17-25(18-16-23)34-20-21(2)3)28(32)31(29(27)33)19-22-11-7-5-8-12-22/h5-18,21H,4,19-20H2,1-3H3. The molecule has 0 unspecified atom stereocenters. The Morgan fingerprint density at radius 3 is 2.03 bits per heavy atom. The molecule has 5 nitrogen and oxygen atoms in total. The van der Waals surface area contributed by atoms with E-state index >= 15 is 0 Å². The topological polar surface area (TPSA) is 49.9 Å². The third-order valence-corrected chi connectivity index (χ3v) is 5.71. The van der Waals surface area contributed by atoms with Crippen LogP contribution in [0.25, 0.3) is 5.57 Å². The summed E-state index contributed by atoms with van der Waals surface area (Å²) >= 11 is 0. The van der Waals surface area contributed by atoms with Crippen molar-refractivity contribution in [2.24, 2.45) is 5.92 Å². The summed E-state index contributed by atoms with van der Waals surface area (Å²) in [5, 5.41) is 0. The number of carbonyl (C=O) groups is 2. The number of nitrogens with zero attached hydrogens (tertiary/aromatic N) is 2. The number of anilines is 1. The van der Waals surface area contributed by atoms with Crippen LogP contribution in [0, 0.1) is 5.92 Å². The van der Waals surface area contributed by atoms with Crippen molar-refractivity contribution in [3.63, 3.8) is 0 Å². The molecule has 1 heterocycles. The summed E-state index contributed by atoms with van der Waals surface area (Å²) in [4.78, 5) is 30.6. The van der Waals surface area contributed by atoms with Gasteiger partial charge < -0.3 is 9.64 Å². The zero-order valence-corrected chi connectivity index (χ0v) is 19.9. The van der Waals surface area contributed by atoms with Crippen molar-refractivity contribution in [3.8, 4) is 5.75 Å². The Hall–Kier alpha value is -3.86. The molecule has 2 amide bonds. The van der Waals surface area contributed by atoms with Gasteiger partial charge in [-0.2, -0.15) is 0 Å². The van der Waals surface area contributed by atoms with E-state index < -0.39 is 0 Å². The predicted molar refractivity (Wildman–Crippen MR) is 135 cm³/mol. The van der Waals surface area contributed by atoms with E-state index in [0.717, 1.165) is 17.0 Å². The van der Waals surface area contributed by atoms with Crippen LogP contribution in [0.1, 0.15) is 31.9 Å². The second-order valence-corrected chi connectivity index (χ2v) is 8.71. The highest BCUT2D eigenvalue weighted by Gasteiger charge is 2.41. The molecular formula is C29H30N2O3. The summed E-state index contributed by atoms with van der Waals surface area (Å²) in [6.07, 6.45) is 0. The van der Waals surface area contributed by atoms with Gasteiger partial charge in [0.2, 0.25) is 0 Å². The monoisotopic (exact) mass is 454 g/mol. The number of ether oxygens (including phenoxy) is 1. The smallest absolute Gasteiger partial charge is 0.278 e. The summed E-state index contributed by atoms with van der Waals surface area (Å²) in [5.41, 5.74) is 3.31. The van der Waals surface area contributed by atoms with Crippen LogP contribution >= 0.6 is 0 Å². The molecule has 0 aromatic heterocycles. The summed E-state index contributed by atoms with van der Waals surface area (Å²) in [5.74, 6) is 0.593. The average Bonchev–Trinajstić information content (AvgIpc) is 3.10. The first-order valence-corrected chi connectivity index (χ1v) is 11.7. The summed E-state index contributed by atoms with van der Waals surface area (Å²) in [6, 6.07) is 26.7. The normalized spacial score (nSPS) is 13.7. The number of rotatable bonds is 9. The lowest BCUT2D eigenvalue weighted by Crippen LogP contribution is -2.34. The number of hydrogen-bond acceptors (Lipinski definition) is 4. The van der Waals surface area contributed by atoms with Crippen LogP contribution in [0.5, 0.6) is 5.75 Å². The van der Waals surface area contributed by atoms with Gasteiger partial charge in [-0.1, -0.05) is 74.5 Å². The third-order valence-electron chi connectivity index (χ3n) is 5.71. The van der Waals surface area contributed by atoms with Crippen molar-refractivity contribution < 1.29 is 14.3 Å². The van der Waals surface area contributed by atoms with E-state index in [1.165, 1.54) is 4.90 Å². The SMILES string of the molecule is CCN(C1=C(c2ccc(OCC(C)C)cc2)C(=O)N(Cc2ccccc2)C1=O)c1ccccc1. The summed E-state index contributed by atoms with van der Waals surface area (Å²) in [7, 11) is 0. The second kappa shape index (κ2) is 10.4. The Balaban J connectivity index is 1.75. The van der Waals surface area contributed by atoms with E-state index in [1.54, 1.807) is 0 Å². The molecule has 34 heavy (non-hydrogen) atoms. The van der Waals surface area contributed by atoms with Crippen molar-refractivity contribution in [1.29, 1.82) is 0 Å². The van der Waals surface area contributed by atoms with Gasteiger partial charge in [0.1, 0.15) is 11.4 Å². The van der Waals surface area contributed by atoms with Crippen LogP contribution < -0.4 is 9.64 Å². The summed E-state index contributed by atoms with van der Waals surface area (Å²) in [6.45, 7) is 7.58. The first-order chi connectivity index (χ1) is 16.5. The molecule has 0 N–H and O–H groups in total. The van der Waals surface area contributed by atoms with Gasteiger partial charge in [0.25, 0.3) is 11.8 Å². The van der Waals surface area contributed by atoms with Gasteiger partial charge >= 0.3 is 0 Å².